The second-order valence-electron chi connectivity index (χ2n) is 19.7. The smallest absolute Gasteiger partial charge is 0.262 e. The van der Waals surface area contributed by atoms with Crippen molar-refractivity contribution < 1.29 is 38.2 Å². The second-order valence-corrected chi connectivity index (χ2v) is 20.0. The fraction of sp³-hybridized carbons (Fsp3) is 0.491. The minimum atomic E-state index is -1.02. The summed E-state index contributed by atoms with van der Waals surface area (Å²) in [7, 11) is 1.66. The quantitative estimate of drug-likeness (QED) is 0.100. The largest absolute Gasteiger partial charge is 0.496 e. The van der Waals surface area contributed by atoms with Gasteiger partial charge in [-0.15, -0.1) is 10.2 Å². The van der Waals surface area contributed by atoms with E-state index in [1.165, 1.54) is 5.69 Å². The summed E-state index contributed by atoms with van der Waals surface area (Å²) in [5.74, 6) is 0.760. The number of ether oxygens (including phenoxy) is 3. The Kier molecular flexibility index (Phi) is 14.9. The number of hydrogen-bond acceptors (Lipinski definition) is 16. The van der Waals surface area contributed by atoms with Crippen LogP contribution in [0, 0.1) is 0 Å². The summed E-state index contributed by atoms with van der Waals surface area (Å²) in [6.45, 7) is 7.76. The van der Waals surface area contributed by atoms with E-state index in [1.54, 1.807) is 25.3 Å². The molecule has 3 aromatic carbocycles. The average molecular weight is 1000 g/mol. The molecule has 4 aromatic rings. The lowest BCUT2D eigenvalue weighted by atomic mass is 10.0. The van der Waals surface area contributed by atoms with Crippen LogP contribution in [0.1, 0.15) is 77.6 Å². The first-order valence-corrected chi connectivity index (χ1v) is 26.0. The number of hydrogen-bond donors (Lipinski definition) is 3. The molecule has 5 amide bonds. The van der Waals surface area contributed by atoms with Gasteiger partial charge < -0.3 is 34.6 Å². The maximum Gasteiger partial charge on any atom is 0.262 e. The van der Waals surface area contributed by atoms with Crippen molar-refractivity contribution in [2.75, 3.05) is 93.9 Å². The van der Waals surface area contributed by atoms with Gasteiger partial charge >= 0.3 is 0 Å². The molecular formula is C53H64N10O8S. The Labute approximate surface area is 425 Å². The molecule has 2 bridgehead atoms. The number of para-hydroxylation sites is 1. The molecule has 1 aromatic heterocycles. The van der Waals surface area contributed by atoms with Gasteiger partial charge in [0.15, 0.2) is 5.82 Å². The second kappa shape index (κ2) is 21.8. The molecule has 6 aliphatic heterocycles. The molecule has 0 saturated carbocycles. The standard InChI is InChI=1S/C53H64N10O8S/c1-69-46-11-3-2-9-41(46)43-29-45(50(54)57-56-43)61-30-36-12-13-37(31-61)62(36)35-7-5-8-40(28-35)70-27-26-58-22-24-60(25-23-58)48(65)17-14-38(33-72)59-20-18-39(19-21-59)71-32-34-6-4-10-42-49(34)53(68)63(52(42)67)44-15-16-47(64)55-51(44)66/h2-11,28-29,36-39,44,72H,12-27,30-33H2,1H3,(H2,54,57)(H,55,64,66). The summed E-state index contributed by atoms with van der Waals surface area (Å²) in [5.41, 5.74) is 11.3. The number of aromatic nitrogens is 2. The lowest BCUT2D eigenvalue weighted by molar-refractivity contribution is -0.136. The van der Waals surface area contributed by atoms with E-state index in [2.05, 4.69) is 65.9 Å². The number of rotatable bonds is 17. The molecule has 0 radical (unpaired) electrons. The van der Waals surface area contributed by atoms with Crippen LogP contribution in [0.5, 0.6) is 11.5 Å². The first-order valence-electron chi connectivity index (χ1n) is 25.4. The number of benzene rings is 3. The molecule has 4 atom stereocenters. The van der Waals surface area contributed by atoms with E-state index in [9.17, 15) is 24.0 Å². The Bertz CT molecular complexity index is 2660. The van der Waals surface area contributed by atoms with Crippen LogP contribution in [0.4, 0.5) is 17.2 Å². The Morgan fingerprint density at radius 3 is 2.35 bits per heavy atom. The molecule has 10 rings (SSSR count). The number of piperidine rings is 2. The molecule has 3 N–H and O–H groups in total. The molecule has 18 nitrogen and oxygen atoms in total. The van der Waals surface area contributed by atoms with Gasteiger partial charge in [0.25, 0.3) is 11.8 Å². The molecule has 19 heteroatoms. The molecule has 5 fully saturated rings. The SMILES string of the molecule is COc1ccccc1-c1cc(N2CC3CCC(C2)N3c2cccc(OCCN3CCN(C(=O)CCC(CS)N4CCC(OCc5cccc6c5C(=O)N(C5CCC(=O)NC5=O)C6=O)CC4)CC3)c2)c(N)nn1. The third kappa shape index (κ3) is 10.3. The van der Waals surface area contributed by atoms with Gasteiger partial charge in [-0.2, -0.15) is 12.6 Å². The zero-order valence-corrected chi connectivity index (χ0v) is 41.7. The number of nitrogens with two attached hydrogens (primary N) is 1. The van der Waals surface area contributed by atoms with Crippen molar-refractivity contribution in [1.29, 1.82) is 0 Å². The maximum absolute atomic E-state index is 13.5. The summed E-state index contributed by atoms with van der Waals surface area (Å²) in [4.78, 5) is 77.2. The Balaban J connectivity index is 0.635. The molecule has 380 valence electrons. The number of methoxy groups -OCH3 is 1. The molecular weight excluding hydrogens is 937 g/mol. The van der Waals surface area contributed by atoms with Gasteiger partial charge in [-0.05, 0) is 80.5 Å². The van der Waals surface area contributed by atoms with E-state index in [1.807, 2.05) is 41.3 Å². The highest BCUT2D eigenvalue weighted by Crippen LogP contribution is 2.40. The number of fused-ring (bicyclic) bond motifs is 3. The number of likely N-dealkylation sites (tertiary alicyclic amines) is 1. The van der Waals surface area contributed by atoms with E-state index in [0.717, 1.165) is 111 Å². The van der Waals surface area contributed by atoms with Gasteiger partial charge in [0.05, 0.1) is 42.3 Å². The lowest BCUT2D eigenvalue weighted by Crippen LogP contribution is -2.54. The van der Waals surface area contributed by atoms with Crippen molar-refractivity contribution in [3.8, 4) is 22.8 Å². The Hall–Kier alpha value is -6.28. The number of anilines is 3. The van der Waals surface area contributed by atoms with Crippen LogP contribution in [0.3, 0.4) is 0 Å². The Morgan fingerprint density at radius 1 is 0.847 bits per heavy atom. The zero-order valence-electron chi connectivity index (χ0n) is 40.8. The number of amides is 5. The third-order valence-electron chi connectivity index (χ3n) is 15.4. The monoisotopic (exact) mass is 1000 g/mol. The minimum absolute atomic E-state index is 0.0358. The minimum Gasteiger partial charge on any atom is -0.496 e. The normalized spacial score (nSPS) is 22.3. The predicted molar refractivity (Wildman–Crippen MR) is 274 cm³/mol. The first kappa shape index (κ1) is 49.3. The number of carbonyl (C=O) groups excluding carboxylic acids is 5. The Morgan fingerprint density at radius 2 is 1.60 bits per heavy atom. The van der Waals surface area contributed by atoms with E-state index >= 15 is 0 Å². The highest BCUT2D eigenvalue weighted by atomic mass is 32.1. The molecule has 0 spiro atoms. The van der Waals surface area contributed by atoms with E-state index < -0.39 is 29.7 Å². The lowest BCUT2D eigenvalue weighted by Gasteiger charge is -2.43. The number of nitrogens with one attached hydrogen (secondary N) is 1. The summed E-state index contributed by atoms with van der Waals surface area (Å²) >= 11 is 4.69. The van der Waals surface area contributed by atoms with E-state index in [-0.39, 0.29) is 48.6 Å². The predicted octanol–water partition coefficient (Wildman–Crippen LogP) is 4.28. The first-order chi connectivity index (χ1) is 35.1. The summed E-state index contributed by atoms with van der Waals surface area (Å²) < 4.78 is 18.3. The van der Waals surface area contributed by atoms with Gasteiger partial charge in [0.1, 0.15) is 24.1 Å². The number of imide groups is 2. The van der Waals surface area contributed by atoms with Crippen molar-refractivity contribution in [3.63, 3.8) is 0 Å². The number of thiol groups is 1. The van der Waals surface area contributed by atoms with Gasteiger partial charge in [0.2, 0.25) is 17.7 Å². The molecule has 72 heavy (non-hydrogen) atoms. The molecule has 6 aliphatic rings. The molecule has 5 saturated heterocycles. The highest BCUT2D eigenvalue weighted by Gasteiger charge is 2.46. The van der Waals surface area contributed by atoms with E-state index in [4.69, 9.17) is 19.9 Å². The maximum atomic E-state index is 13.5. The van der Waals surface area contributed by atoms with Gasteiger partial charge in [-0.3, -0.25) is 44.0 Å². The highest BCUT2D eigenvalue weighted by molar-refractivity contribution is 7.80. The van der Waals surface area contributed by atoms with Crippen LogP contribution in [0.2, 0.25) is 0 Å². The van der Waals surface area contributed by atoms with Crippen LogP contribution in [-0.2, 0) is 25.7 Å². The summed E-state index contributed by atoms with van der Waals surface area (Å²) in [6.07, 6.45) is 5.11. The molecule has 7 heterocycles. The van der Waals surface area contributed by atoms with Crippen molar-refractivity contribution >= 4 is 59.4 Å². The van der Waals surface area contributed by atoms with Gasteiger partial charge in [-0.1, -0.05) is 30.3 Å². The number of nitrogens with zero attached hydrogens (tertiary/aromatic N) is 8. The topological polar surface area (TPSA) is 196 Å². The zero-order chi connectivity index (χ0) is 49.9. The molecule has 4 unspecified atom stereocenters. The van der Waals surface area contributed by atoms with Crippen molar-refractivity contribution in [2.24, 2.45) is 0 Å². The fourth-order valence-corrected chi connectivity index (χ4v) is 12.0. The van der Waals surface area contributed by atoms with Crippen molar-refractivity contribution in [3.05, 3.63) is 89.5 Å². The summed E-state index contributed by atoms with van der Waals surface area (Å²) in [5, 5.41) is 11.0. The third-order valence-corrected chi connectivity index (χ3v) is 15.9. The van der Waals surface area contributed by atoms with Crippen molar-refractivity contribution in [2.45, 2.75) is 88.2 Å². The summed E-state index contributed by atoms with van der Waals surface area (Å²) in [6, 6.07) is 23.2. The number of carbonyl (C=O) groups is 5. The number of nitrogen functional groups attached to an aromatic ring is 1. The van der Waals surface area contributed by atoms with Crippen LogP contribution in [0.25, 0.3) is 11.3 Å². The van der Waals surface area contributed by atoms with Gasteiger partial charge in [-0.25, -0.2) is 0 Å². The van der Waals surface area contributed by atoms with Crippen molar-refractivity contribution in [1.82, 2.24) is 35.1 Å². The van der Waals surface area contributed by atoms with Crippen LogP contribution in [-0.4, -0.2) is 168 Å². The van der Waals surface area contributed by atoms with Gasteiger partial charge in [0, 0.05) is 113 Å². The van der Waals surface area contributed by atoms with Crippen LogP contribution in [0.15, 0.2) is 72.8 Å². The fourth-order valence-electron chi connectivity index (χ4n) is 11.6. The van der Waals surface area contributed by atoms with E-state index in [0.29, 0.717) is 55.3 Å². The van der Waals surface area contributed by atoms with Crippen LogP contribution < -0.4 is 30.3 Å². The van der Waals surface area contributed by atoms with Crippen LogP contribution >= 0.6 is 12.6 Å². The molecule has 0 aliphatic carbocycles. The number of piperazine rings is 2. The average Bonchev–Trinajstić information content (AvgIpc) is 3.82.